The molecule has 1 unspecified atom stereocenters. The third kappa shape index (κ3) is 3.95. The highest BCUT2D eigenvalue weighted by molar-refractivity contribution is 4.92. The molecular weight excluding hydrogens is 160 g/mol. The quantitative estimate of drug-likeness (QED) is 0.662. The Balaban J connectivity index is 2.16. The Bertz CT molecular complexity index is 155. The van der Waals surface area contributed by atoms with Gasteiger partial charge in [0.1, 0.15) is 0 Å². The normalized spacial score (nSPS) is 21.8. The first-order valence-electron chi connectivity index (χ1n) is 5.55. The van der Waals surface area contributed by atoms with Gasteiger partial charge >= 0.3 is 0 Å². The summed E-state index contributed by atoms with van der Waals surface area (Å²) in [6, 6.07) is 0. The van der Waals surface area contributed by atoms with Crippen LogP contribution in [0.2, 0.25) is 0 Å². The lowest BCUT2D eigenvalue weighted by Gasteiger charge is -2.11. The van der Waals surface area contributed by atoms with Crippen molar-refractivity contribution in [1.82, 2.24) is 0 Å². The average molecular weight is 182 g/mol. The SMILES string of the molecule is CC(C)C(O)C/C=C/C1CCCC1. The summed E-state index contributed by atoms with van der Waals surface area (Å²) in [5, 5.41) is 9.55. The maximum absolute atomic E-state index is 9.55. The average Bonchev–Trinajstić information content (AvgIpc) is 2.56. The molecule has 0 aromatic carbocycles. The summed E-state index contributed by atoms with van der Waals surface area (Å²) in [6.45, 7) is 4.13. The topological polar surface area (TPSA) is 20.2 Å². The third-order valence-electron chi connectivity index (χ3n) is 2.96. The lowest BCUT2D eigenvalue weighted by molar-refractivity contribution is 0.128. The molecule has 1 rings (SSSR count). The molecule has 1 aliphatic carbocycles. The van der Waals surface area contributed by atoms with Gasteiger partial charge in [-0.1, -0.05) is 38.8 Å². The zero-order chi connectivity index (χ0) is 9.68. The van der Waals surface area contributed by atoms with E-state index in [9.17, 15) is 5.11 Å². The van der Waals surface area contributed by atoms with E-state index in [0.717, 1.165) is 12.3 Å². The fourth-order valence-electron chi connectivity index (χ4n) is 1.83. The number of allylic oxidation sites excluding steroid dienone is 1. The van der Waals surface area contributed by atoms with E-state index in [-0.39, 0.29) is 6.10 Å². The minimum absolute atomic E-state index is 0.155. The van der Waals surface area contributed by atoms with Crippen LogP contribution in [0.3, 0.4) is 0 Å². The largest absolute Gasteiger partial charge is 0.393 e. The number of aliphatic hydroxyl groups excluding tert-OH is 1. The molecule has 1 heteroatoms. The van der Waals surface area contributed by atoms with E-state index in [0.29, 0.717) is 5.92 Å². The predicted octanol–water partition coefficient (Wildman–Crippen LogP) is 3.14. The summed E-state index contributed by atoms with van der Waals surface area (Å²) < 4.78 is 0. The van der Waals surface area contributed by atoms with Gasteiger partial charge in [-0.25, -0.2) is 0 Å². The number of rotatable bonds is 4. The summed E-state index contributed by atoms with van der Waals surface area (Å²) in [6.07, 6.45) is 10.6. The van der Waals surface area contributed by atoms with Gasteiger partial charge in [-0.2, -0.15) is 0 Å². The lowest BCUT2D eigenvalue weighted by atomic mass is 10.0. The van der Waals surface area contributed by atoms with Gasteiger partial charge in [-0.15, -0.1) is 0 Å². The van der Waals surface area contributed by atoms with E-state index in [1.807, 2.05) is 0 Å². The van der Waals surface area contributed by atoms with Crippen LogP contribution in [0.5, 0.6) is 0 Å². The van der Waals surface area contributed by atoms with Gasteiger partial charge in [0.2, 0.25) is 0 Å². The molecule has 0 saturated heterocycles. The van der Waals surface area contributed by atoms with Crippen molar-refractivity contribution in [2.45, 2.75) is 52.1 Å². The van der Waals surface area contributed by atoms with Crippen molar-refractivity contribution in [2.24, 2.45) is 11.8 Å². The predicted molar refractivity (Wildman–Crippen MR) is 56.6 cm³/mol. The van der Waals surface area contributed by atoms with Gasteiger partial charge in [0.15, 0.2) is 0 Å². The van der Waals surface area contributed by atoms with Crippen LogP contribution in [0.1, 0.15) is 46.0 Å². The van der Waals surface area contributed by atoms with Crippen LogP contribution in [0, 0.1) is 11.8 Å². The molecule has 0 bridgehead atoms. The Hall–Kier alpha value is -0.300. The summed E-state index contributed by atoms with van der Waals surface area (Å²) in [7, 11) is 0. The van der Waals surface area contributed by atoms with Crippen LogP contribution in [0.4, 0.5) is 0 Å². The monoisotopic (exact) mass is 182 g/mol. The van der Waals surface area contributed by atoms with E-state index in [1.165, 1.54) is 25.7 Å². The molecule has 76 valence electrons. The van der Waals surface area contributed by atoms with Crippen LogP contribution in [0.25, 0.3) is 0 Å². The molecule has 1 N–H and O–H groups in total. The van der Waals surface area contributed by atoms with E-state index >= 15 is 0 Å². The fourth-order valence-corrected chi connectivity index (χ4v) is 1.83. The molecule has 0 spiro atoms. The van der Waals surface area contributed by atoms with Crippen LogP contribution in [0.15, 0.2) is 12.2 Å². The molecule has 1 saturated carbocycles. The molecule has 0 heterocycles. The first-order chi connectivity index (χ1) is 6.20. The molecule has 0 aromatic heterocycles. The Labute approximate surface area is 81.9 Å². The highest BCUT2D eigenvalue weighted by Crippen LogP contribution is 2.25. The number of hydrogen-bond acceptors (Lipinski definition) is 1. The van der Waals surface area contributed by atoms with Gasteiger partial charge in [-0.05, 0) is 31.1 Å². The van der Waals surface area contributed by atoms with Gasteiger partial charge in [0.05, 0.1) is 6.10 Å². The molecule has 1 aliphatic rings. The summed E-state index contributed by atoms with van der Waals surface area (Å²) >= 11 is 0. The zero-order valence-corrected chi connectivity index (χ0v) is 8.87. The van der Waals surface area contributed by atoms with Crippen molar-refractivity contribution in [3.8, 4) is 0 Å². The second kappa shape index (κ2) is 5.43. The Kier molecular flexibility index (Phi) is 4.51. The molecule has 1 nitrogen and oxygen atoms in total. The van der Waals surface area contributed by atoms with Crippen LogP contribution < -0.4 is 0 Å². The van der Waals surface area contributed by atoms with Crippen molar-refractivity contribution in [2.75, 3.05) is 0 Å². The Morgan fingerprint density at radius 1 is 1.31 bits per heavy atom. The maximum Gasteiger partial charge on any atom is 0.0597 e. The lowest BCUT2D eigenvalue weighted by Crippen LogP contribution is -2.12. The van der Waals surface area contributed by atoms with Gasteiger partial charge in [0.25, 0.3) is 0 Å². The van der Waals surface area contributed by atoms with Crippen molar-refractivity contribution in [1.29, 1.82) is 0 Å². The van der Waals surface area contributed by atoms with E-state index in [2.05, 4.69) is 26.0 Å². The second-order valence-electron chi connectivity index (χ2n) is 4.52. The van der Waals surface area contributed by atoms with Crippen LogP contribution in [-0.2, 0) is 0 Å². The number of aliphatic hydroxyl groups is 1. The summed E-state index contributed by atoms with van der Waals surface area (Å²) in [5.74, 6) is 1.19. The smallest absolute Gasteiger partial charge is 0.0597 e. The molecule has 1 atom stereocenters. The Morgan fingerprint density at radius 2 is 1.92 bits per heavy atom. The molecular formula is C12H22O. The second-order valence-corrected chi connectivity index (χ2v) is 4.52. The molecule has 0 aromatic rings. The maximum atomic E-state index is 9.55. The first kappa shape index (κ1) is 10.8. The minimum atomic E-state index is -0.155. The van der Waals surface area contributed by atoms with Crippen molar-refractivity contribution < 1.29 is 5.11 Å². The standard InChI is InChI=1S/C12H22O/c1-10(2)12(13)9-5-8-11-6-3-4-7-11/h5,8,10-13H,3-4,6-7,9H2,1-2H3/b8-5+. The molecule has 0 amide bonds. The van der Waals surface area contributed by atoms with E-state index in [4.69, 9.17) is 0 Å². The fraction of sp³-hybridized carbons (Fsp3) is 0.833. The molecule has 0 radical (unpaired) electrons. The van der Waals surface area contributed by atoms with Crippen molar-refractivity contribution >= 4 is 0 Å². The zero-order valence-electron chi connectivity index (χ0n) is 8.87. The van der Waals surface area contributed by atoms with E-state index < -0.39 is 0 Å². The first-order valence-corrected chi connectivity index (χ1v) is 5.55. The number of hydrogen-bond donors (Lipinski definition) is 1. The van der Waals surface area contributed by atoms with Crippen LogP contribution in [-0.4, -0.2) is 11.2 Å². The van der Waals surface area contributed by atoms with Gasteiger partial charge in [0, 0.05) is 0 Å². The summed E-state index contributed by atoms with van der Waals surface area (Å²) in [4.78, 5) is 0. The highest BCUT2D eigenvalue weighted by atomic mass is 16.3. The molecule has 13 heavy (non-hydrogen) atoms. The van der Waals surface area contributed by atoms with Crippen LogP contribution >= 0.6 is 0 Å². The minimum Gasteiger partial charge on any atom is -0.393 e. The van der Waals surface area contributed by atoms with Gasteiger partial charge < -0.3 is 5.11 Å². The van der Waals surface area contributed by atoms with Crippen molar-refractivity contribution in [3.05, 3.63) is 12.2 Å². The summed E-state index contributed by atoms with van der Waals surface area (Å²) in [5.41, 5.74) is 0. The highest BCUT2D eigenvalue weighted by Gasteiger charge is 2.11. The molecule has 0 aliphatic heterocycles. The third-order valence-corrected chi connectivity index (χ3v) is 2.96. The molecule has 1 fully saturated rings. The van der Waals surface area contributed by atoms with Crippen molar-refractivity contribution in [3.63, 3.8) is 0 Å². The van der Waals surface area contributed by atoms with E-state index in [1.54, 1.807) is 0 Å². The van der Waals surface area contributed by atoms with Gasteiger partial charge in [-0.3, -0.25) is 0 Å². The Morgan fingerprint density at radius 3 is 2.46 bits per heavy atom.